The fourth-order valence-corrected chi connectivity index (χ4v) is 3.95. The van der Waals surface area contributed by atoms with Gasteiger partial charge in [-0.1, -0.05) is 6.92 Å². The van der Waals surface area contributed by atoms with Crippen LogP contribution in [-0.4, -0.2) is 34.8 Å². The number of nitrogens with zero attached hydrogens (tertiary/aromatic N) is 4. The molecule has 0 aliphatic heterocycles. The lowest BCUT2D eigenvalue weighted by Gasteiger charge is -2.09. The molecule has 0 saturated heterocycles. The lowest BCUT2D eigenvalue weighted by atomic mass is 10.1. The molecule has 0 bridgehead atoms. The molecule has 3 aromatic heterocycles. The number of hydrogen-bond acceptors (Lipinski definition) is 4. The molecule has 0 fully saturated rings. The van der Waals surface area contributed by atoms with Gasteiger partial charge >= 0.3 is 6.18 Å². The van der Waals surface area contributed by atoms with E-state index in [9.17, 15) is 26.2 Å². The number of pyridine rings is 1. The minimum Gasteiger partial charge on any atom is -0.412 e. The molecule has 4 aromatic rings. The van der Waals surface area contributed by atoms with Crippen LogP contribution in [0, 0.1) is 11.6 Å². The number of fused-ring (bicyclic) bond motifs is 1. The normalized spacial score (nSPS) is 12.6. The Hall–Kier alpha value is -3.25. The number of imidazole rings is 1. The first-order valence-corrected chi connectivity index (χ1v) is 10.2. The summed E-state index contributed by atoms with van der Waals surface area (Å²) in [4.78, 5) is 12.1. The molecule has 0 amide bonds. The van der Waals surface area contributed by atoms with Crippen LogP contribution in [0.4, 0.5) is 22.0 Å². The Morgan fingerprint density at radius 2 is 1.69 bits per heavy atom. The van der Waals surface area contributed by atoms with Crippen molar-refractivity contribution in [3.05, 3.63) is 66.4 Å². The minimum atomic E-state index is -4.62. The maximum absolute atomic E-state index is 13.6. The van der Waals surface area contributed by atoms with Crippen LogP contribution in [0.5, 0.6) is 0 Å². The van der Waals surface area contributed by atoms with E-state index >= 15 is 0 Å². The number of hydrogen-bond donors (Lipinski definition) is 0. The first kappa shape index (κ1) is 23.4. The van der Waals surface area contributed by atoms with Gasteiger partial charge in [0.05, 0.1) is 15.7 Å². The van der Waals surface area contributed by atoms with Crippen molar-refractivity contribution < 1.29 is 31.6 Å². The standard InChI is InChI=1S/C20H13F5N4OS.H2O/c1-2-31(30)16-5-12(11-3-13(21)6-14(22)4-11)8-26-19(16)15-9-29-10-27-17(20(23,24)25)7-18(29)28-15;/h3-10H,2H2,1H3;1H2. The van der Waals surface area contributed by atoms with Crippen LogP contribution in [-0.2, 0) is 17.0 Å². The van der Waals surface area contributed by atoms with Gasteiger partial charge < -0.3 is 5.48 Å². The van der Waals surface area contributed by atoms with Crippen molar-refractivity contribution in [2.45, 2.75) is 18.0 Å². The Bertz CT molecular complexity index is 1300. The van der Waals surface area contributed by atoms with Gasteiger partial charge in [-0.05, 0) is 23.8 Å². The van der Waals surface area contributed by atoms with Gasteiger partial charge in [0.25, 0.3) is 0 Å². The molecule has 12 heteroatoms. The van der Waals surface area contributed by atoms with Crippen LogP contribution in [0.2, 0.25) is 0 Å². The molecule has 1 aromatic carbocycles. The number of rotatable bonds is 4. The average molecular weight is 470 g/mol. The van der Waals surface area contributed by atoms with Crippen molar-refractivity contribution in [1.82, 2.24) is 19.4 Å². The molecular weight excluding hydrogens is 455 g/mol. The summed E-state index contributed by atoms with van der Waals surface area (Å²) in [6, 6.07) is 5.25. The second-order valence-electron chi connectivity index (χ2n) is 6.53. The molecule has 2 N–H and O–H groups in total. The van der Waals surface area contributed by atoms with Crippen molar-refractivity contribution in [3.63, 3.8) is 0 Å². The monoisotopic (exact) mass is 470 g/mol. The highest BCUT2D eigenvalue weighted by molar-refractivity contribution is 7.85. The predicted molar refractivity (Wildman–Crippen MR) is 107 cm³/mol. The Morgan fingerprint density at radius 1 is 1.00 bits per heavy atom. The van der Waals surface area contributed by atoms with E-state index in [1.54, 1.807) is 6.92 Å². The van der Waals surface area contributed by atoms with Gasteiger partial charge in [0.1, 0.15) is 40.7 Å². The molecule has 4 rings (SSSR count). The fourth-order valence-electron chi connectivity index (χ4n) is 3.00. The first-order chi connectivity index (χ1) is 14.7. The van der Waals surface area contributed by atoms with Crippen molar-refractivity contribution >= 4 is 16.4 Å². The first-order valence-electron chi connectivity index (χ1n) is 8.93. The Labute approximate surface area is 180 Å². The second-order valence-corrected chi connectivity index (χ2v) is 8.23. The van der Waals surface area contributed by atoms with Crippen LogP contribution in [0.1, 0.15) is 12.6 Å². The summed E-state index contributed by atoms with van der Waals surface area (Å²) in [5, 5.41) is 0. The molecule has 6 nitrogen and oxygen atoms in total. The van der Waals surface area contributed by atoms with E-state index in [-0.39, 0.29) is 38.7 Å². The van der Waals surface area contributed by atoms with Crippen LogP contribution < -0.4 is 0 Å². The Balaban J connectivity index is 0.00000289. The number of benzene rings is 1. The highest BCUT2D eigenvalue weighted by atomic mass is 32.2. The highest BCUT2D eigenvalue weighted by Crippen LogP contribution is 2.31. The van der Waals surface area contributed by atoms with Crippen LogP contribution in [0.3, 0.4) is 0 Å². The second kappa shape index (κ2) is 8.71. The smallest absolute Gasteiger partial charge is 0.412 e. The molecule has 3 heterocycles. The summed E-state index contributed by atoms with van der Waals surface area (Å²) in [7, 11) is -1.53. The number of halogens is 5. The lowest BCUT2D eigenvalue weighted by molar-refractivity contribution is -0.141. The van der Waals surface area contributed by atoms with Crippen LogP contribution >= 0.6 is 0 Å². The summed E-state index contributed by atoms with van der Waals surface area (Å²) >= 11 is 0. The molecule has 1 unspecified atom stereocenters. The Morgan fingerprint density at radius 3 is 2.31 bits per heavy atom. The van der Waals surface area contributed by atoms with Gasteiger partial charge in [0.2, 0.25) is 0 Å². The zero-order chi connectivity index (χ0) is 22.3. The summed E-state index contributed by atoms with van der Waals surface area (Å²) in [6.07, 6.45) is -0.885. The third kappa shape index (κ3) is 4.50. The summed E-state index contributed by atoms with van der Waals surface area (Å²) in [5.74, 6) is -1.32. The maximum atomic E-state index is 13.6. The third-order valence-corrected chi connectivity index (χ3v) is 5.76. The highest BCUT2D eigenvalue weighted by Gasteiger charge is 2.33. The number of aromatic nitrogens is 4. The molecule has 0 spiro atoms. The molecular formula is C20H15F5N4O2S. The van der Waals surface area contributed by atoms with E-state index in [2.05, 4.69) is 15.0 Å². The van der Waals surface area contributed by atoms with Crippen molar-refractivity contribution in [2.24, 2.45) is 0 Å². The molecule has 0 aliphatic rings. The summed E-state index contributed by atoms with van der Waals surface area (Å²) < 4.78 is 79.9. The van der Waals surface area contributed by atoms with E-state index in [4.69, 9.17) is 0 Å². The maximum Gasteiger partial charge on any atom is 0.433 e. The quantitative estimate of drug-likeness (QED) is 0.421. The van der Waals surface area contributed by atoms with Crippen molar-refractivity contribution in [3.8, 4) is 22.5 Å². The zero-order valence-corrected chi connectivity index (χ0v) is 17.1. The molecule has 0 saturated carbocycles. The summed E-state index contributed by atoms with van der Waals surface area (Å²) in [6.45, 7) is 1.68. The molecule has 0 radical (unpaired) electrons. The molecule has 1 atom stereocenters. The van der Waals surface area contributed by atoms with E-state index in [0.29, 0.717) is 5.56 Å². The van der Waals surface area contributed by atoms with Gasteiger partial charge in [-0.25, -0.2) is 18.7 Å². The lowest BCUT2D eigenvalue weighted by Crippen LogP contribution is -2.08. The van der Waals surface area contributed by atoms with E-state index in [0.717, 1.165) is 30.6 Å². The van der Waals surface area contributed by atoms with Gasteiger partial charge in [-0.15, -0.1) is 0 Å². The largest absolute Gasteiger partial charge is 0.433 e. The third-order valence-electron chi connectivity index (χ3n) is 4.44. The Kier molecular flexibility index (Phi) is 6.37. The van der Waals surface area contributed by atoms with E-state index in [1.165, 1.54) is 22.9 Å². The average Bonchev–Trinajstić information content (AvgIpc) is 3.14. The predicted octanol–water partition coefficient (Wildman–Crippen LogP) is 4.06. The van der Waals surface area contributed by atoms with Crippen molar-refractivity contribution in [1.29, 1.82) is 0 Å². The van der Waals surface area contributed by atoms with Gasteiger partial charge in [-0.3, -0.25) is 13.6 Å². The van der Waals surface area contributed by atoms with Gasteiger partial charge in [-0.2, -0.15) is 13.2 Å². The molecule has 168 valence electrons. The minimum absolute atomic E-state index is 0. The van der Waals surface area contributed by atoms with Crippen LogP contribution in [0.25, 0.3) is 28.2 Å². The SMILES string of the molecule is CCS(=O)c1cc(-c2cc(F)cc(F)c2)cnc1-c1cn2cnc(C(F)(F)F)cc2n1.O. The summed E-state index contributed by atoms with van der Waals surface area (Å²) in [5.41, 5.74) is -0.175. The van der Waals surface area contributed by atoms with Crippen LogP contribution in [0.15, 0.2) is 53.9 Å². The van der Waals surface area contributed by atoms with E-state index in [1.807, 2.05) is 0 Å². The zero-order valence-electron chi connectivity index (χ0n) is 16.3. The topological polar surface area (TPSA) is 91.7 Å². The number of alkyl halides is 3. The van der Waals surface area contributed by atoms with Crippen molar-refractivity contribution in [2.75, 3.05) is 5.75 Å². The van der Waals surface area contributed by atoms with E-state index < -0.39 is 34.3 Å². The van der Waals surface area contributed by atoms with Gasteiger partial charge in [0, 0.05) is 35.8 Å². The molecule has 32 heavy (non-hydrogen) atoms. The fraction of sp³-hybridized carbons (Fsp3) is 0.150. The molecule has 0 aliphatic carbocycles. The van der Waals surface area contributed by atoms with Gasteiger partial charge in [0.15, 0.2) is 0 Å².